The molecule has 0 aliphatic heterocycles. The van der Waals surface area contributed by atoms with Crippen LogP contribution in [-0.2, 0) is 6.54 Å². The van der Waals surface area contributed by atoms with E-state index < -0.39 is 0 Å². The molecule has 0 spiro atoms. The van der Waals surface area contributed by atoms with Crippen LogP contribution >= 0.6 is 11.3 Å². The van der Waals surface area contributed by atoms with Gasteiger partial charge in [-0.1, -0.05) is 13.8 Å². The molecule has 1 N–H and O–H groups in total. The minimum Gasteiger partial charge on any atom is -0.307 e. The van der Waals surface area contributed by atoms with Crippen molar-refractivity contribution in [2.24, 2.45) is 16.7 Å². The summed E-state index contributed by atoms with van der Waals surface area (Å²) in [5.41, 5.74) is 3.16. The molecule has 19 heavy (non-hydrogen) atoms. The highest BCUT2D eigenvalue weighted by atomic mass is 32.1. The molecule has 0 amide bonds. The van der Waals surface area contributed by atoms with Crippen LogP contribution in [0, 0.1) is 16.7 Å². The van der Waals surface area contributed by atoms with Gasteiger partial charge in [0, 0.05) is 12.1 Å². The summed E-state index contributed by atoms with van der Waals surface area (Å²) in [7, 11) is 0. The first kappa shape index (κ1) is 12.4. The van der Waals surface area contributed by atoms with Gasteiger partial charge in [-0.2, -0.15) is 11.3 Å². The first-order valence-corrected chi connectivity index (χ1v) is 8.69. The second-order valence-electron chi connectivity index (χ2n) is 8.40. The molecule has 4 aliphatic rings. The van der Waals surface area contributed by atoms with Crippen LogP contribution in [0.3, 0.4) is 0 Å². The maximum Gasteiger partial charge on any atom is 0.0218 e. The van der Waals surface area contributed by atoms with Gasteiger partial charge in [-0.05, 0) is 77.7 Å². The fraction of sp³-hybridized carbons (Fsp3) is 0.765. The van der Waals surface area contributed by atoms with Crippen molar-refractivity contribution in [1.29, 1.82) is 0 Å². The van der Waals surface area contributed by atoms with Crippen molar-refractivity contribution in [2.45, 2.75) is 64.5 Å². The van der Waals surface area contributed by atoms with E-state index in [1.807, 2.05) is 11.3 Å². The van der Waals surface area contributed by atoms with Crippen LogP contribution < -0.4 is 5.32 Å². The Bertz CT molecular complexity index is 459. The van der Waals surface area contributed by atoms with Crippen molar-refractivity contribution in [1.82, 2.24) is 5.32 Å². The van der Waals surface area contributed by atoms with Gasteiger partial charge in [0.1, 0.15) is 0 Å². The Morgan fingerprint density at radius 1 is 1.16 bits per heavy atom. The SMILES string of the molecule is CC12CC3CC(C)(C1)CC(NCc1ccsc1)(C3)C2. The summed E-state index contributed by atoms with van der Waals surface area (Å²) in [6.07, 6.45) is 8.71. The highest BCUT2D eigenvalue weighted by Gasteiger charge is 2.59. The van der Waals surface area contributed by atoms with Crippen LogP contribution in [0.15, 0.2) is 16.8 Å². The Hall–Kier alpha value is -0.340. The summed E-state index contributed by atoms with van der Waals surface area (Å²) in [6, 6.07) is 2.27. The fourth-order valence-electron chi connectivity index (χ4n) is 6.33. The van der Waals surface area contributed by atoms with Gasteiger partial charge in [0.25, 0.3) is 0 Å². The molecule has 4 fully saturated rings. The van der Waals surface area contributed by atoms with Gasteiger partial charge in [-0.15, -0.1) is 0 Å². The molecule has 0 radical (unpaired) electrons. The van der Waals surface area contributed by atoms with Crippen molar-refractivity contribution in [3.05, 3.63) is 22.4 Å². The third kappa shape index (κ3) is 2.08. The number of hydrogen-bond acceptors (Lipinski definition) is 2. The Balaban J connectivity index is 1.57. The minimum atomic E-state index is 0.449. The number of thiophene rings is 1. The molecule has 1 aromatic rings. The largest absolute Gasteiger partial charge is 0.307 e. The van der Waals surface area contributed by atoms with Crippen molar-refractivity contribution in [3.8, 4) is 0 Å². The molecule has 4 aliphatic carbocycles. The van der Waals surface area contributed by atoms with Gasteiger partial charge in [0.2, 0.25) is 0 Å². The van der Waals surface area contributed by atoms with E-state index in [2.05, 4.69) is 36.0 Å². The molecular formula is C17H25NS. The van der Waals surface area contributed by atoms with E-state index in [0.29, 0.717) is 16.4 Å². The van der Waals surface area contributed by atoms with Crippen molar-refractivity contribution < 1.29 is 0 Å². The van der Waals surface area contributed by atoms with Gasteiger partial charge in [-0.25, -0.2) is 0 Å². The summed E-state index contributed by atoms with van der Waals surface area (Å²) < 4.78 is 0. The van der Waals surface area contributed by atoms with Crippen LogP contribution in [0.2, 0.25) is 0 Å². The van der Waals surface area contributed by atoms with Crippen molar-refractivity contribution >= 4 is 11.3 Å². The molecule has 1 heterocycles. The predicted octanol–water partition coefficient (Wildman–Crippen LogP) is 4.59. The lowest BCUT2D eigenvalue weighted by Crippen LogP contribution is -2.63. The highest BCUT2D eigenvalue weighted by Crippen LogP contribution is 2.66. The van der Waals surface area contributed by atoms with E-state index in [1.165, 1.54) is 44.1 Å². The Kier molecular flexibility index (Phi) is 2.52. The summed E-state index contributed by atoms with van der Waals surface area (Å²) in [4.78, 5) is 0. The van der Waals surface area contributed by atoms with Gasteiger partial charge in [0.05, 0.1) is 0 Å². The molecule has 4 bridgehead atoms. The first-order valence-electron chi connectivity index (χ1n) is 7.75. The third-order valence-corrected chi connectivity index (χ3v) is 6.61. The second kappa shape index (κ2) is 3.85. The Morgan fingerprint density at radius 3 is 2.47 bits per heavy atom. The number of nitrogens with one attached hydrogen (secondary N) is 1. The molecule has 2 unspecified atom stereocenters. The molecule has 1 nitrogen and oxygen atoms in total. The number of hydrogen-bond donors (Lipinski definition) is 1. The Morgan fingerprint density at radius 2 is 1.89 bits per heavy atom. The van der Waals surface area contributed by atoms with E-state index in [-0.39, 0.29) is 0 Å². The monoisotopic (exact) mass is 275 g/mol. The standard InChI is InChI=1S/C17H25NS/c1-15-5-14-6-16(2,10-15)12-17(7-14,11-15)18-8-13-3-4-19-9-13/h3-4,9,14,18H,5-8,10-12H2,1-2H3. The average molecular weight is 275 g/mol. The molecule has 4 saturated carbocycles. The number of rotatable bonds is 3. The molecule has 2 atom stereocenters. The summed E-state index contributed by atoms with van der Waals surface area (Å²) in [5, 5.41) is 8.47. The molecule has 5 rings (SSSR count). The maximum absolute atomic E-state index is 3.99. The van der Waals surface area contributed by atoms with Crippen molar-refractivity contribution in [3.63, 3.8) is 0 Å². The van der Waals surface area contributed by atoms with E-state index in [4.69, 9.17) is 0 Å². The van der Waals surface area contributed by atoms with Crippen LogP contribution in [0.1, 0.15) is 57.9 Å². The molecule has 0 saturated heterocycles. The van der Waals surface area contributed by atoms with E-state index >= 15 is 0 Å². The molecule has 1 aromatic heterocycles. The van der Waals surface area contributed by atoms with Crippen LogP contribution in [0.4, 0.5) is 0 Å². The van der Waals surface area contributed by atoms with Gasteiger partial charge in [-0.3, -0.25) is 0 Å². The molecule has 2 heteroatoms. The highest BCUT2D eigenvalue weighted by molar-refractivity contribution is 7.07. The van der Waals surface area contributed by atoms with Crippen LogP contribution in [0.25, 0.3) is 0 Å². The maximum atomic E-state index is 3.99. The van der Waals surface area contributed by atoms with Crippen molar-refractivity contribution in [2.75, 3.05) is 0 Å². The lowest BCUT2D eigenvalue weighted by Gasteiger charge is -2.65. The van der Waals surface area contributed by atoms with Gasteiger partial charge < -0.3 is 5.32 Å². The summed E-state index contributed by atoms with van der Waals surface area (Å²) >= 11 is 1.82. The predicted molar refractivity (Wildman–Crippen MR) is 81.3 cm³/mol. The summed E-state index contributed by atoms with van der Waals surface area (Å²) in [6.45, 7) is 6.18. The normalized spacial score (nSPS) is 47.8. The van der Waals surface area contributed by atoms with E-state index in [9.17, 15) is 0 Å². The van der Waals surface area contributed by atoms with E-state index in [0.717, 1.165) is 12.5 Å². The second-order valence-corrected chi connectivity index (χ2v) is 9.18. The zero-order valence-electron chi connectivity index (χ0n) is 12.2. The minimum absolute atomic E-state index is 0.449. The Labute approximate surface area is 120 Å². The van der Waals surface area contributed by atoms with Gasteiger partial charge in [0.15, 0.2) is 0 Å². The van der Waals surface area contributed by atoms with Crippen LogP contribution in [0.5, 0.6) is 0 Å². The molecule has 104 valence electrons. The zero-order valence-corrected chi connectivity index (χ0v) is 13.0. The van der Waals surface area contributed by atoms with E-state index in [1.54, 1.807) is 0 Å². The molecule has 0 aromatic carbocycles. The third-order valence-electron chi connectivity index (χ3n) is 5.87. The topological polar surface area (TPSA) is 12.0 Å². The lowest BCUT2D eigenvalue weighted by molar-refractivity contribution is -0.118. The summed E-state index contributed by atoms with van der Waals surface area (Å²) in [5.74, 6) is 0.987. The van der Waals surface area contributed by atoms with Crippen LogP contribution in [-0.4, -0.2) is 5.54 Å². The fourth-order valence-corrected chi connectivity index (χ4v) is 7.00. The first-order chi connectivity index (χ1) is 8.99. The average Bonchev–Trinajstić information content (AvgIpc) is 2.73. The molecular weight excluding hydrogens is 250 g/mol. The lowest BCUT2D eigenvalue weighted by atomic mass is 9.43. The smallest absolute Gasteiger partial charge is 0.0218 e. The van der Waals surface area contributed by atoms with Gasteiger partial charge >= 0.3 is 0 Å². The zero-order chi connectivity index (χ0) is 13.1. The quantitative estimate of drug-likeness (QED) is 0.851.